The third-order valence-corrected chi connectivity index (χ3v) is 2.89. The van der Waals surface area contributed by atoms with Crippen molar-refractivity contribution in [2.75, 3.05) is 13.1 Å². The number of benzene rings is 1. The zero-order valence-electron chi connectivity index (χ0n) is 11.2. The summed E-state index contributed by atoms with van der Waals surface area (Å²) in [5, 5.41) is 2.66. The lowest BCUT2D eigenvalue weighted by Gasteiger charge is -2.10. The van der Waals surface area contributed by atoms with E-state index in [1.807, 2.05) is 0 Å². The maximum Gasteiger partial charge on any atom is 0.416 e. The third kappa shape index (κ3) is 5.18. The van der Waals surface area contributed by atoms with E-state index in [4.69, 9.17) is 0 Å². The van der Waals surface area contributed by atoms with Crippen LogP contribution in [-0.2, 0) is 6.18 Å². The Morgan fingerprint density at radius 2 is 1.85 bits per heavy atom. The van der Waals surface area contributed by atoms with Crippen molar-refractivity contribution in [3.63, 3.8) is 0 Å². The van der Waals surface area contributed by atoms with Crippen molar-refractivity contribution >= 4 is 5.91 Å². The van der Waals surface area contributed by atoms with Gasteiger partial charge in [-0.25, -0.2) is 0 Å². The van der Waals surface area contributed by atoms with Crippen LogP contribution >= 0.6 is 0 Å². The van der Waals surface area contributed by atoms with Crippen LogP contribution in [0.2, 0.25) is 0 Å². The second kappa shape index (κ2) is 7.25. The van der Waals surface area contributed by atoms with Crippen molar-refractivity contribution in [2.24, 2.45) is 0 Å². The normalized spacial score (nSPS) is 13.1. The molecule has 4 nitrogen and oxygen atoms in total. The third-order valence-electron chi connectivity index (χ3n) is 2.89. The van der Waals surface area contributed by atoms with Gasteiger partial charge in [0.1, 0.15) is 6.04 Å². The highest BCUT2D eigenvalue weighted by molar-refractivity contribution is 5.94. The number of hydrogen-bond acceptors (Lipinski definition) is 1. The van der Waals surface area contributed by atoms with E-state index < -0.39 is 11.7 Å². The maximum atomic E-state index is 12.4. The average Bonchev–Trinajstić information content (AvgIpc) is 2.41. The zero-order valence-corrected chi connectivity index (χ0v) is 11.2. The molecule has 0 aliphatic rings. The Morgan fingerprint density at radius 1 is 1.25 bits per heavy atom. The van der Waals surface area contributed by atoms with Gasteiger partial charge in [0.25, 0.3) is 5.91 Å². The summed E-state index contributed by atoms with van der Waals surface area (Å²) in [7, 11) is 0. The number of carbonyl (C=O) groups excluding carboxylic acids is 1. The van der Waals surface area contributed by atoms with E-state index in [1.54, 1.807) is 0 Å². The second-order valence-corrected chi connectivity index (χ2v) is 4.65. The first-order chi connectivity index (χ1) is 9.34. The summed E-state index contributed by atoms with van der Waals surface area (Å²) in [5.41, 5.74) is 7.06. The van der Waals surface area contributed by atoms with Crippen molar-refractivity contribution in [2.45, 2.75) is 25.1 Å². The highest BCUT2D eigenvalue weighted by Gasteiger charge is 2.30. The van der Waals surface area contributed by atoms with Crippen molar-refractivity contribution in [1.82, 2.24) is 5.32 Å². The predicted molar refractivity (Wildman–Crippen MR) is 67.4 cm³/mol. The summed E-state index contributed by atoms with van der Waals surface area (Å²) in [6.07, 6.45) is -2.59. The molecule has 0 spiro atoms. The van der Waals surface area contributed by atoms with Gasteiger partial charge >= 0.3 is 6.18 Å². The van der Waals surface area contributed by atoms with Crippen LogP contribution in [0.15, 0.2) is 24.3 Å². The fourth-order valence-electron chi connectivity index (χ4n) is 1.68. The Hall–Kier alpha value is -1.60. The molecule has 0 fully saturated rings. The van der Waals surface area contributed by atoms with Gasteiger partial charge < -0.3 is 16.8 Å². The minimum Gasteiger partial charge on any atom is -0.358 e. The number of quaternary nitrogens is 2. The Morgan fingerprint density at radius 3 is 2.35 bits per heavy atom. The van der Waals surface area contributed by atoms with Crippen molar-refractivity contribution in [3.05, 3.63) is 35.4 Å². The minimum atomic E-state index is -4.39. The highest BCUT2D eigenvalue weighted by atomic mass is 19.4. The smallest absolute Gasteiger partial charge is 0.358 e. The molecule has 1 amide bonds. The molecule has 7 N–H and O–H groups in total. The maximum absolute atomic E-state index is 12.4. The van der Waals surface area contributed by atoms with Gasteiger partial charge in [-0.15, -0.1) is 0 Å². The zero-order chi connectivity index (χ0) is 15.2. The van der Waals surface area contributed by atoms with E-state index in [2.05, 4.69) is 16.8 Å². The lowest BCUT2D eigenvalue weighted by Crippen LogP contribution is -2.65. The van der Waals surface area contributed by atoms with Crippen LogP contribution in [0, 0.1) is 0 Å². The molecule has 1 aromatic rings. The molecule has 0 aliphatic heterocycles. The minimum absolute atomic E-state index is 0.0788. The van der Waals surface area contributed by atoms with Gasteiger partial charge in [-0.2, -0.15) is 13.2 Å². The largest absolute Gasteiger partial charge is 0.416 e. The molecule has 0 heterocycles. The molecule has 0 saturated heterocycles. The summed E-state index contributed by atoms with van der Waals surface area (Å²) < 4.78 is 37.1. The van der Waals surface area contributed by atoms with Crippen LogP contribution in [-0.4, -0.2) is 25.0 Å². The first-order valence-corrected chi connectivity index (χ1v) is 6.42. The number of rotatable bonds is 6. The topological polar surface area (TPSA) is 84.4 Å². The van der Waals surface area contributed by atoms with Crippen molar-refractivity contribution in [3.8, 4) is 0 Å². The Bertz CT molecular complexity index is 431. The molecular weight excluding hydrogens is 271 g/mol. The number of alkyl halides is 3. The van der Waals surface area contributed by atoms with Gasteiger partial charge in [-0.3, -0.25) is 4.79 Å². The molecule has 0 bridgehead atoms. The highest BCUT2D eigenvalue weighted by Crippen LogP contribution is 2.28. The SMILES string of the molecule is [NH3+]CCC[C@H]([NH3+])CNC(=O)c1ccc(C(F)(F)F)cc1. The van der Waals surface area contributed by atoms with Gasteiger partial charge in [0.15, 0.2) is 0 Å². The summed E-state index contributed by atoms with van der Waals surface area (Å²) in [5.74, 6) is -0.387. The number of hydrogen-bond donors (Lipinski definition) is 3. The molecule has 0 saturated carbocycles. The number of halogens is 3. The van der Waals surface area contributed by atoms with Gasteiger partial charge in [0.2, 0.25) is 0 Å². The Balaban J connectivity index is 2.52. The first-order valence-electron chi connectivity index (χ1n) is 6.42. The van der Waals surface area contributed by atoms with E-state index >= 15 is 0 Å². The number of amides is 1. The van der Waals surface area contributed by atoms with E-state index in [9.17, 15) is 18.0 Å². The average molecular weight is 291 g/mol. The van der Waals surface area contributed by atoms with Crippen LogP contribution in [0.5, 0.6) is 0 Å². The first kappa shape index (κ1) is 16.5. The molecule has 0 aromatic heterocycles. The Labute approximate surface area is 115 Å². The second-order valence-electron chi connectivity index (χ2n) is 4.65. The van der Waals surface area contributed by atoms with E-state index in [1.165, 1.54) is 12.1 Å². The van der Waals surface area contributed by atoms with Gasteiger partial charge in [-0.1, -0.05) is 0 Å². The van der Waals surface area contributed by atoms with Crippen LogP contribution in [0.4, 0.5) is 13.2 Å². The molecule has 1 rings (SSSR count). The molecule has 20 heavy (non-hydrogen) atoms. The molecule has 112 valence electrons. The molecule has 0 radical (unpaired) electrons. The predicted octanol–water partition coefficient (Wildman–Crippen LogP) is 0.0678. The van der Waals surface area contributed by atoms with Gasteiger partial charge in [0, 0.05) is 18.4 Å². The van der Waals surface area contributed by atoms with Crippen LogP contribution in [0.25, 0.3) is 0 Å². The molecule has 0 aliphatic carbocycles. The monoisotopic (exact) mass is 291 g/mol. The van der Waals surface area contributed by atoms with Gasteiger partial charge in [-0.05, 0) is 24.3 Å². The fourth-order valence-corrected chi connectivity index (χ4v) is 1.68. The van der Waals surface area contributed by atoms with Gasteiger partial charge in [0.05, 0.1) is 18.7 Å². The summed E-state index contributed by atoms with van der Waals surface area (Å²) in [4.78, 5) is 11.8. The quantitative estimate of drug-likeness (QED) is 0.681. The lowest BCUT2D eigenvalue weighted by atomic mass is 10.1. The summed E-state index contributed by atoms with van der Waals surface area (Å²) in [6, 6.07) is 4.23. The Kier molecular flexibility index (Phi) is 5.97. The summed E-state index contributed by atoms with van der Waals surface area (Å²) >= 11 is 0. The van der Waals surface area contributed by atoms with E-state index in [0.29, 0.717) is 6.54 Å². The summed E-state index contributed by atoms with van der Waals surface area (Å²) in [6.45, 7) is 1.22. The molecule has 0 unspecified atom stereocenters. The molecule has 1 aromatic carbocycles. The molecule has 1 atom stereocenters. The number of carbonyl (C=O) groups is 1. The fraction of sp³-hybridized carbons (Fsp3) is 0.462. The van der Waals surface area contributed by atoms with Crippen LogP contribution in [0.1, 0.15) is 28.8 Å². The van der Waals surface area contributed by atoms with E-state index in [0.717, 1.165) is 31.5 Å². The number of nitrogens with one attached hydrogen (secondary N) is 1. The standard InChI is InChI=1S/C13H18F3N3O/c14-13(15,16)10-5-3-9(4-6-10)12(20)19-8-11(18)2-1-7-17/h3-6,11H,1-2,7-8,17-18H2,(H,19,20)/p+2/t11-/m0/s1. The van der Waals surface area contributed by atoms with Crippen LogP contribution in [0.3, 0.4) is 0 Å². The molecule has 7 heteroatoms. The van der Waals surface area contributed by atoms with Crippen molar-refractivity contribution in [1.29, 1.82) is 0 Å². The van der Waals surface area contributed by atoms with Crippen LogP contribution < -0.4 is 16.8 Å². The van der Waals surface area contributed by atoms with Crippen molar-refractivity contribution < 1.29 is 29.4 Å². The molecular formula is C13H20F3N3O+2. The van der Waals surface area contributed by atoms with E-state index in [-0.39, 0.29) is 17.5 Å². The lowest BCUT2D eigenvalue weighted by molar-refractivity contribution is -0.423.